The van der Waals surface area contributed by atoms with Gasteiger partial charge in [0.15, 0.2) is 18.0 Å². The zero-order valence-electron chi connectivity index (χ0n) is 17.1. The minimum absolute atomic E-state index is 0.0272. The molecule has 10 nitrogen and oxygen atoms in total. The Labute approximate surface area is 175 Å². The number of amides is 1. The Kier molecular flexibility index (Phi) is 6.23. The summed E-state index contributed by atoms with van der Waals surface area (Å²) in [5.74, 6) is -1.54. The molecule has 0 aromatic carbocycles. The largest absolute Gasteiger partial charge is 0.458 e. The second-order valence-electron chi connectivity index (χ2n) is 7.79. The number of carbonyl (C=O) groups excluding carboxylic acids is 2. The molecule has 0 radical (unpaired) electrons. The van der Waals surface area contributed by atoms with E-state index in [9.17, 15) is 28.3 Å². The molecule has 1 aliphatic rings. The van der Waals surface area contributed by atoms with Crippen LogP contribution in [0.25, 0.3) is 5.69 Å². The molecule has 2 aromatic heterocycles. The van der Waals surface area contributed by atoms with E-state index in [1.165, 1.54) is 27.9 Å². The SMILES string of the molecule is CC(C)(C)OC(=O)[C@H](O)[C@H]1OCCN(c2ccn(-c3ccc(=O)n(C(F)F)c3)n2)C1=O. The van der Waals surface area contributed by atoms with Crippen LogP contribution in [-0.2, 0) is 19.1 Å². The molecule has 0 saturated carbocycles. The number of hydrogen-bond donors (Lipinski definition) is 1. The fourth-order valence-electron chi connectivity index (χ4n) is 2.93. The number of hydrogen-bond acceptors (Lipinski definition) is 7. The lowest BCUT2D eigenvalue weighted by atomic mass is 10.1. The van der Waals surface area contributed by atoms with Crippen molar-refractivity contribution >= 4 is 17.7 Å². The van der Waals surface area contributed by atoms with E-state index < -0.39 is 41.8 Å². The Morgan fingerprint density at radius 1 is 1.29 bits per heavy atom. The first-order valence-electron chi connectivity index (χ1n) is 9.38. The zero-order valence-corrected chi connectivity index (χ0v) is 17.1. The van der Waals surface area contributed by atoms with Crippen LogP contribution in [0.2, 0.25) is 0 Å². The van der Waals surface area contributed by atoms with Crippen LogP contribution in [0.3, 0.4) is 0 Å². The van der Waals surface area contributed by atoms with E-state index in [1.807, 2.05) is 0 Å². The highest BCUT2D eigenvalue weighted by Crippen LogP contribution is 2.21. The van der Waals surface area contributed by atoms with E-state index in [0.717, 1.165) is 12.3 Å². The van der Waals surface area contributed by atoms with E-state index in [0.29, 0.717) is 0 Å². The third-order valence-corrected chi connectivity index (χ3v) is 4.31. The summed E-state index contributed by atoms with van der Waals surface area (Å²) in [6, 6.07) is 3.75. The van der Waals surface area contributed by atoms with Crippen LogP contribution >= 0.6 is 0 Å². The number of halogens is 2. The van der Waals surface area contributed by atoms with Gasteiger partial charge in [-0.15, -0.1) is 5.10 Å². The lowest BCUT2D eigenvalue weighted by Gasteiger charge is -2.33. The second kappa shape index (κ2) is 8.55. The van der Waals surface area contributed by atoms with Gasteiger partial charge < -0.3 is 14.6 Å². The number of rotatable bonds is 5. The van der Waals surface area contributed by atoms with Crippen LogP contribution in [-0.4, -0.2) is 62.3 Å². The Morgan fingerprint density at radius 2 is 2.00 bits per heavy atom. The Morgan fingerprint density at radius 3 is 2.65 bits per heavy atom. The number of morpholine rings is 1. The smallest absolute Gasteiger partial charge is 0.338 e. The van der Waals surface area contributed by atoms with Gasteiger partial charge in [0, 0.05) is 24.5 Å². The predicted molar refractivity (Wildman–Crippen MR) is 103 cm³/mol. The minimum Gasteiger partial charge on any atom is -0.458 e. The van der Waals surface area contributed by atoms with Crippen LogP contribution in [0.5, 0.6) is 0 Å². The summed E-state index contributed by atoms with van der Waals surface area (Å²) in [6.07, 6.45) is -0.937. The van der Waals surface area contributed by atoms with Crippen LogP contribution in [0.1, 0.15) is 27.3 Å². The summed E-state index contributed by atoms with van der Waals surface area (Å²) < 4.78 is 37.8. The first-order chi connectivity index (χ1) is 14.5. The van der Waals surface area contributed by atoms with E-state index in [-0.39, 0.29) is 29.2 Å². The first-order valence-corrected chi connectivity index (χ1v) is 9.38. The molecule has 168 valence electrons. The molecular weight excluding hydrogens is 418 g/mol. The number of nitrogens with zero attached hydrogens (tertiary/aromatic N) is 4. The van der Waals surface area contributed by atoms with Crippen LogP contribution in [0, 0.1) is 0 Å². The highest BCUT2D eigenvalue weighted by Gasteiger charge is 2.41. The maximum atomic E-state index is 13.0. The molecule has 1 saturated heterocycles. The molecule has 0 spiro atoms. The van der Waals surface area contributed by atoms with Crippen LogP contribution in [0.4, 0.5) is 14.6 Å². The molecule has 3 heterocycles. The van der Waals surface area contributed by atoms with Gasteiger partial charge in [-0.05, 0) is 26.8 Å². The maximum absolute atomic E-state index is 13.0. The molecule has 0 aliphatic carbocycles. The number of aliphatic hydroxyl groups excluding tert-OH is 1. The molecule has 0 unspecified atom stereocenters. The number of aromatic nitrogens is 3. The Hall–Kier alpha value is -3.12. The van der Waals surface area contributed by atoms with Crippen molar-refractivity contribution in [2.45, 2.75) is 45.1 Å². The number of pyridine rings is 1. The quantitative estimate of drug-likeness (QED) is 0.686. The third kappa shape index (κ3) is 4.97. The van der Waals surface area contributed by atoms with Gasteiger partial charge in [0.1, 0.15) is 5.60 Å². The van der Waals surface area contributed by atoms with Gasteiger partial charge in [0.25, 0.3) is 11.5 Å². The van der Waals surface area contributed by atoms with Crippen molar-refractivity contribution < 1.29 is 33.0 Å². The average molecular weight is 440 g/mol. The van der Waals surface area contributed by atoms with Gasteiger partial charge in [-0.1, -0.05) is 0 Å². The van der Waals surface area contributed by atoms with Gasteiger partial charge in [-0.2, -0.15) is 8.78 Å². The summed E-state index contributed by atoms with van der Waals surface area (Å²) in [6.45, 7) is 1.98. The molecule has 31 heavy (non-hydrogen) atoms. The molecule has 1 aliphatic heterocycles. The van der Waals surface area contributed by atoms with Crippen molar-refractivity contribution in [1.82, 2.24) is 14.3 Å². The van der Waals surface area contributed by atoms with Gasteiger partial charge in [-0.3, -0.25) is 19.1 Å². The molecule has 1 N–H and O–H groups in total. The fraction of sp³-hybridized carbons (Fsp3) is 0.474. The number of aliphatic hydroxyl groups is 1. The van der Waals surface area contributed by atoms with Crippen molar-refractivity contribution in [1.29, 1.82) is 0 Å². The van der Waals surface area contributed by atoms with E-state index in [4.69, 9.17) is 9.47 Å². The number of alkyl halides is 2. The van der Waals surface area contributed by atoms with Crippen molar-refractivity contribution in [2.75, 3.05) is 18.1 Å². The lowest BCUT2D eigenvalue weighted by Crippen LogP contribution is -2.55. The van der Waals surface area contributed by atoms with Crippen molar-refractivity contribution in [3.05, 3.63) is 40.9 Å². The molecular formula is C19H22F2N4O6. The number of ether oxygens (including phenoxy) is 2. The predicted octanol–water partition coefficient (Wildman–Crippen LogP) is 0.863. The van der Waals surface area contributed by atoms with Crippen molar-refractivity contribution in [3.63, 3.8) is 0 Å². The maximum Gasteiger partial charge on any atom is 0.338 e. The molecule has 1 fully saturated rings. The summed E-state index contributed by atoms with van der Waals surface area (Å²) in [5.41, 5.74) is -1.55. The summed E-state index contributed by atoms with van der Waals surface area (Å²) in [5, 5.41) is 14.4. The molecule has 12 heteroatoms. The van der Waals surface area contributed by atoms with Gasteiger partial charge in [0.05, 0.1) is 18.8 Å². The van der Waals surface area contributed by atoms with Crippen molar-refractivity contribution in [3.8, 4) is 5.69 Å². The van der Waals surface area contributed by atoms with Gasteiger partial charge in [-0.25, -0.2) is 9.48 Å². The van der Waals surface area contributed by atoms with Crippen LogP contribution in [0.15, 0.2) is 35.4 Å². The standard InChI is InChI=1S/C19H22F2N4O6/c1-19(2,3)31-17(29)14(27)15-16(28)23(8-9-30-15)12-6-7-25(22-12)11-4-5-13(26)24(10-11)18(20)21/h4-7,10,14-15,18,27H,8-9H2,1-3H3/t14-,15-/m1/s1. The topological polar surface area (TPSA) is 116 Å². The normalized spacial score (nSPS) is 18.4. The van der Waals surface area contributed by atoms with Gasteiger partial charge >= 0.3 is 12.5 Å². The first kappa shape index (κ1) is 22.6. The lowest BCUT2D eigenvalue weighted by molar-refractivity contribution is -0.177. The Bertz CT molecular complexity index is 1030. The average Bonchev–Trinajstić information content (AvgIpc) is 3.16. The van der Waals surface area contributed by atoms with E-state index in [1.54, 1.807) is 20.8 Å². The van der Waals surface area contributed by atoms with Crippen LogP contribution < -0.4 is 10.5 Å². The third-order valence-electron chi connectivity index (χ3n) is 4.31. The number of carbonyl (C=O) groups is 2. The Balaban J connectivity index is 1.80. The summed E-state index contributed by atoms with van der Waals surface area (Å²) in [4.78, 5) is 37.6. The molecule has 2 aromatic rings. The second-order valence-corrected chi connectivity index (χ2v) is 7.79. The highest BCUT2D eigenvalue weighted by molar-refractivity contribution is 5.99. The molecule has 2 atom stereocenters. The fourth-order valence-corrected chi connectivity index (χ4v) is 2.93. The molecule has 0 bridgehead atoms. The van der Waals surface area contributed by atoms with Crippen molar-refractivity contribution in [2.24, 2.45) is 0 Å². The monoisotopic (exact) mass is 440 g/mol. The number of anilines is 1. The summed E-state index contributed by atoms with van der Waals surface area (Å²) in [7, 11) is 0. The number of esters is 1. The minimum atomic E-state index is -3.02. The molecule has 1 amide bonds. The molecule has 3 rings (SSSR count). The highest BCUT2D eigenvalue weighted by atomic mass is 19.3. The van der Waals surface area contributed by atoms with E-state index >= 15 is 0 Å². The van der Waals surface area contributed by atoms with Gasteiger partial charge in [0.2, 0.25) is 0 Å². The summed E-state index contributed by atoms with van der Waals surface area (Å²) >= 11 is 0. The van der Waals surface area contributed by atoms with E-state index in [2.05, 4.69) is 5.10 Å². The zero-order chi connectivity index (χ0) is 22.9.